The van der Waals surface area contributed by atoms with Crippen molar-refractivity contribution in [1.29, 1.82) is 0 Å². The molecule has 0 radical (unpaired) electrons. The molecule has 0 aromatic heterocycles. The number of aliphatic carboxylic acids is 1. The molecule has 3 aliphatic rings. The first-order valence-electron chi connectivity index (χ1n) is 13.8. The Bertz CT molecular complexity index is 1000. The van der Waals surface area contributed by atoms with Gasteiger partial charge in [0, 0.05) is 32.7 Å². The number of rotatable bonds is 9. The van der Waals surface area contributed by atoms with Crippen molar-refractivity contribution < 1.29 is 65.1 Å². The van der Waals surface area contributed by atoms with Crippen LogP contribution in [-0.2, 0) is 23.8 Å². The number of benzene rings is 1. The van der Waals surface area contributed by atoms with Gasteiger partial charge in [0.25, 0.3) is 0 Å². The Morgan fingerprint density at radius 2 is 1.60 bits per heavy atom. The third-order valence-corrected chi connectivity index (χ3v) is 7.74. The van der Waals surface area contributed by atoms with Crippen LogP contribution in [-0.4, -0.2) is 103 Å². The maximum absolute atomic E-state index is 12.9. The van der Waals surface area contributed by atoms with E-state index in [0.717, 1.165) is 81.0 Å². The molecule has 10 heteroatoms. The van der Waals surface area contributed by atoms with Crippen LogP contribution in [0.5, 0.6) is 0 Å². The van der Waals surface area contributed by atoms with E-state index in [1.165, 1.54) is 0 Å². The molecule has 1 spiro atoms. The zero-order chi connectivity index (χ0) is 28.6. The van der Waals surface area contributed by atoms with E-state index < -0.39 is 17.5 Å². The third kappa shape index (κ3) is 9.24. The number of aliphatic hydroxyl groups is 1. The minimum Gasteiger partial charge on any atom is -0.507 e. The zero-order valence-corrected chi connectivity index (χ0v) is 28.3. The molecule has 0 unspecified atom stereocenters. The number of hydrogen-bond donors (Lipinski definition) is 2. The smallest absolute Gasteiger partial charge is 0.507 e. The van der Waals surface area contributed by atoms with Crippen molar-refractivity contribution in [2.45, 2.75) is 58.2 Å². The number of nitrogens with zero attached hydrogens (tertiary/aromatic N) is 2. The average molecular weight is 783 g/mol. The van der Waals surface area contributed by atoms with Gasteiger partial charge in [0.05, 0.1) is 25.9 Å². The summed E-state index contributed by atoms with van der Waals surface area (Å²) in [6.07, 6.45) is 2.73. The molecular formula is C30H44N2O7U. The standard InChI is InChI=1S/C28H41N2O5.C2H3O2.U/c1-5-29-10-12-30(13-11-29)14-15-33-16-17-34-23-6-8-28(9-7-23)26(31)25(27(32)35-28)24-21(3)18-20(2)19-22(24)4;1-2(3)4;/h18-19,23,31H,1,5-17H2,2-4H3;1H2,(H,3,4);/q2*-1;+2. The third-order valence-electron chi connectivity index (χ3n) is 7.74. The van der Waals surface area contributed by atoms with Crippen molar-refractivity contribution in [3.63, 3.8) is 0 Å². The van der Waals surface area contributed by atoms with E-state index in [4.69, 9.17) is 24.1 Å². The second-order valence-corrected chi connectivity index (χ2v) is 10.6. The normalized spacial score (nSPS) is 23.4. The van der Waals surface area contributed by atoms with Gasteiger partial charge in [0.15, 0.2) is 17.3 Å². The molecule has 1 aromatic rings. The van der Waals surface area contributed by atoms with Gasteiger partial charge in [0.2, 0.25) is 0 Å². The molecule has 1 aromatic carbocycles. The van der Waals surface area contributed by atoms with Gasteiger partial charge in [-0.15, -0.1) is 6.54 Å². The topological polar surface area (TPSA) is 109 Å². The first kappa shape index (κ1) is 34.7. The fourth-order valence-corrected chi connectivity index (χ4v) is 5.77. The van der Waals surface area contributed by atoms with Gasteiger partial charge in [-0.25, -0.2) is 4.79 Å². The molecule has 0 amide bonds. The largest absolute Gasteiger partial charge is 2.00 e. The summed E-state index contributed by atoms with van der Waals surface area (Å²) in [7, 11) is 0. The molecule has 2 N–H and O–H groups in total. The number of ether oxygens (including phenoxy) is 3. The quantitative estimate of drug-likeness (QED) is 0.221. The monoisotopic (exact) mass is 782 g/mol. The number of hydrogen-bond acceptors (Lipinski definition) is 8. The molecule has 220 valence electrons. The minimum absolute atomic E-state index is 0. The fraction of sp³-hybridized carbons (Fsp3) is 0.600. The number of carboxylic acid groups (broad SMARTS) is 1. The Balaban J connectivity index is 0.00000105. The number of aliphatic hydroxyl groups excluding tert-OH is 1. The van der Waals surface area contributed by atoms with Crippen LogP contribution in [0, 0.1) is 65.7 Å². The summed E-state index contributed by atoms with van der Waals surface area (Å²) in [5.74, 6) is -1.41. The number of carbonyl (C=O) groups excluding carboxylic acids is 1. The van der Waals surface area contributed by atoms with Crippen LogP contribution in [0.25, 0.3) is 5.57 Å². The predicted octanol–water partition coefficient (Wildman–Crippen LogP) is 3.51. The van der Waals surface area contributed by atoms with Gasteiger partial charge in [-0.3, -0.25) is 16.6 Å². The Labute approximate surface area is 262 Å². The summed E-state index contributed by atoms with van der Waals surface area (Å²) in [4.78, 5) is 26.5. The average Bonchev–Trinajstić information content (AvgIpc) is 3.11. The first-order chi connectivity index (χ1) is 18.6. The predicted molar refractivity (Wildman–Crippen MR) is 149 cm³/mol. The van der Waals surface area contributed by atoms with Crippen LogP contribution in [0.2, 0.25) is 0 Å². The van der Waals surface area contributed by atoms with E-state index in [1.54, 1.807) is 0 Å². The van der Waals surface area contributed by atoms with E-state index in [-0.39, 0.29) is 43.0 Å². The van der Waals surface area contributed by atoms with E-state index in [1.807, 2.05) is 32.9 Å². The molecule has 1 saturated carbocycles. The van der Waals surface area contributed by atoms with Crippen molar-refractivity contribution in [2.24, 2.45) is 0 Å². The first-order valence-corrected chi connectivity index (χ1v) is 13.8. The van der Waals surface area contributed by atoms with Crippen molar-refractivity contribution in [1.82, 2.24) is 9.80 Å². The molecule has 9 nitrogen and oxygen atoms in total. The van der Waals surface area contributed by atoms with Crippen LogP contribution in [0.1, 0.15) is 47.9 Å². The van der Waals surface area contributed by atoms with E-state index in [0.29, 0.717) is 31.6 Å². The number of carbonyl (C=O) groups is 2. The van der Waals surface area contributed by atoms with Crippen LogP contribution >= 0.6 is 0 Å². The number of esters is 1. The molecule has 0 bridgehead atoms. The summed E-state index contributed by atoms with van der Waals surface area (Å²) < 4.78 is 17.7. The van der Waals surface area contributed by atoms with Gasteiger partial charge in [-0.05, 0) is 63.1 Å². The fourth-order valence-electron chi connectivity index (χ4n) is 5.77. The van der Waals surface area contributed by atoms with E-state index >= 15 is 0 Å². The van der Waals surface area contributed by atoms with Crippen molar-refractivity contribution in [2.75, 3.05) is 59.1 Å². The maximum atomic E-state index is 12.9. The van der Waals surface area contributed by atoms with Crippen LogP contribution in [0.3, 0.4) is 0 Å². The van der Waals surface area contributed by atoms with E-state index in [2.05, 4.69) is 23.6 Å². The van der Waals surface area contributed by atoms with Gasteiger partial charge in [-0.2, -0.15) is 0 Å². The van der Waals surface area contributed by atoms with Crippen molar-refractivity contribution >= 4 is 17.5 Å². The summed E-state index contributed by atoms with van der Waals surface area (Å²) in [6, 6.07) is 4.08. The Kier molecular flexibility index (Phi) is 14.0. The molecule has 2 heterocycles. The molecule has 2 aliphatic heterocycles. The summed E-state index contributed by atoms with van der Waals surface area (Å²) in [6.45, 7) is 20.5. The van der Waals surface area contributed by atoms with Crippen LogP contribution < -0.4 is 0 Å². The zero-order valence-electron chi connectivity index (χ0n) is 24.2. The van der Waals surface area contributed by atoms with Gasteiger partial charge >= 0.3 is 37.1 Å². The molecule has 1 aliphatic carbocycles. The van der Waals surface area contributed by atoms with Crippen LogP contribution in [0.15, 0.2) is 17.9 Å². The molecule has 0 atom stereocenters. The number of aryl methyl sites for hydroxylation is 3. The van der Waals surface area contributed by atoms with Gasteiger partial charge in [0.1, 0.15) is 5.57 Å². The SMILES string of the molecule is [CH2-]C(=O)O.[CH2-]CN1CCN(CCOCCOC2CCC3(CC2)OC(=O)C(c2c(C)cc(C)cc2C)=C3O)CC1.[U+2]. The van der Waals surface area contributed by atoms with Crippen LogP contribution in [0.4, 0.5) is 0 Å². The molecule has 1 saturated heterocycles. The van der Waals surface area contributed by atoms with Crippen molar-refractivity contribution in [3.05, 3.63) is 54.0 Å². The Morgan fingerprint density at radius 3 is 2.15 bits per heavy atom. The summed E-state index contributed by atoms with van der Waals surface area (Å²) >= 11 is 0. The summed E-state index contributed by atoms with van der Waals surface area (Å²) in [5, 5.41) is 18.5. The molecule has 4 rings (SSSR count). The van der Waals surface area contributed by atoms with E-state index in [9.17, 15) is 9.90 Å². The van der Waals surface area contributed by atoms with Crippen molar-refractivity contribution in [3.8, 4) is 0 Å². The molecular weight excluding hydrogens is 738 g/mol. The minimum atomic E-state index is -1.08. The number of carboxylic acids is 1. The maximum Gasteiger partial charge on any atom is 2.00 e. The Morgan fingerprint density at radius 1 is 1.05 bits per heavy atom. The second-order valence-electron chi connectivity index (χ2n) is 10.6. The van der Waals surface area contributed by atoms with Gasteiger partial charge < -0.3 is 36.2 Å². The Hall–Kier alpha value is -1.54. The number of piperazine rings is 1. The second kappa shape index (κ2) is 16.2. The molecule has 40 heavy (non-hydrogen) atoms. The van der Waals surface area contributed by atoms with Gasteiger partial charge in [-0.1, -0.05) is 17.7 Å². The summed E-state index contributed by atoms with van der Waals surface area (Å²) in [5.41, 5.74) is 3.32. The molecule has 2 fully saturated rings.